The van der Waals surface area contributed by atoms with Crippen molar-refractivity contribution >= 4 is 17.5 Å². The molecule has 6 nitrogen and oxygen atoms in total. The topological polar surface area (TPSA) is 76.7 Å². The molecule has 0 aliphatic carbocycles. The van der Waals surface area contributed by atoms with Gasteiger partial charge in [-0.25, -0.2) is 0 Å². The first kappa shape index (κ1) is 21.1. The maximum atomic E-state index is 12.9. The largest absolute Gasteiger partial charge is 0.488 e. The zero-order chi connectivity index (χ0) is 21.2. The van der Waals surface area contributed by atoms with Gasteiger partial charge in [0.2, 0.25) is 0 Å². The summed E-state index contributed by atoms with van der Waals surface area (Å²) in [5.41, 5.74) is 2.20. The van der Waals surface area contributed by atoms with Crippen LogP contribution in [0.4, 0.5) is 5.69 Å². The van der Waals surface area contributed by atoms with Crippen LogP contribution in [0.25, 0.3) is 0 Å². The van der Waals surface area contributed by atoms with Crippen molar-refractivity contribution < 1.29 is 19.1 Å². The Morgan fingerprint density at radius 1 is 0.800 bits per heavy atom. The van der Waals surface area contributed by atoms with E-state index in [1.54, 1.807) is 49.6 Å². The second-order valence-corrected chi connectivity index (χ2v) is 6.52. The quantitative estimate of drug-likeness (QED) is 0.531. The fourth-order valence-corrected chi connectivity index (χ4v) is 2.86. The highest BCUT2D eigenvalue weighted by atomic mass is 16.5. The summed E-state index contributed by atoms with van der Waals surface area (Å²) in [6.45, 7) is 1.14. The fraction of sp³-hybridized carbons (Fsp3) is 0.167. The average Bonchev–Trinajstić information content (AvgIpc) is 2.79. The molecule has 0 aromatic heterocycles. The summed E-state index contributed by atoms with van der Waals surface area (Å²) in [5.74, 6) is -0.159. The van der Waals surface area contributed by atoms with E-state index in [2.05, 4.69) is 10.6 Å². The fourth-order valence-electron chi connectivity index (χ4n) is 2.86. The summed E-state index contributed by atoms with van der Waals surface area (Å²) in [5, 5.41) is 5.59. The molecule has 0 saturated heterocycles. The molecule has 0 spiro atoms. The Hall–Kier alpha value is -3.64. The number of carbonyl (C=O) groups excluding carboxylic acids is 2. The van der Waals surface area contributed by atoms with Crippen molar-refractivity contribution in [1.29, 1.82) is 0 Å². The van der Waals surface area contributed by atoms with Crippen molar-refractivity contribution in [3.8, 4) is 5.75 Å². The number of anilines is 1. The molecule has 6 heteroatoms. The van der Waals surface area contributed by atoms with Gasteiger partial charge in [-0.2, -0.15) is 0 Å². The third-order valence-electron chi connectivity index (χ3n) is 4.38. The van der Waals surface area contributed by atoms with E-state index < -0.39 is 0 Å². The Bertz CT molecular complexity index is 989. The second kappa shape index (κ2) is 10.8. The minimum Gasteiger partial charge on any atom is -0.488 e. The molecule has 3 aromatic carbocycles. The lowest BCUT2D eigenvalue weighted by Crippen LogP contribution is -2.28. The maximum absolute atomic E-state index is 12.9. The number of carbonyl (C=O) groups is 2. The van der Waals surface area contributed by atoms with Gasteiger partial charge < -0.3 is 20.1 Å². The first-order valence-electron chi connectivity index (χ1n) is 9.62. The smallest absolute Gasteiger partial charge is 0.259 e. The summed E-state index contributed by atoms with van der Waals surface area (Å²) >= 11 is 0. The number of nitrogens with one attached hydrogen (secondary N) is 2. The molecule has 0 bridgehead atoms. The molecule has 154 valence electrons. The first-order valence-corrected chi connectivity index (χ1v) is 9.62. The van der Waals surface area contributed by atoms with Crippen molar-refractivity contribution in [3.05, 3.63) is 95.6 Å². The van der Waals surface area contributed by atoms with Crippen LogP contribution in [-0.4, -0.2) is 32.1 Å². The predicted molar refractivity (Wildman–Crippen MR) is 116 cm³/mol. The molecule has 2 N–H and O–H groups in total. The molecule has 0 unspecified atom stereocenters. The van der Waals surface area contributed by atoms with Crippen LogP contribution < -0.4 is 15.4 Å². The molecule has 0 heterocycles. The van der Waals surface area contributed by atoms with E-state index in [1.807, 2.05) is 36.4 Å². The molecule has 2 amide bonds. The van der Waals surface area contributed by atoms with Crippen molar-refractivity contribution in [2.75, 3.05) is 25.6 Å². The van der Waals surface area contributed by atoms with E-state index in [9.17, 15) is 9.59 Å². The lowest BCUT2D eigenvalue weighted by molar-refractivity contribution is 0.0938. The molecule has 3 rings (SSSR count). The Morgan fingerprint density at radius 3 is 2.23 bits per heavy atom. The number of methoxy groups -OCH3 is 1. The highest BCUT2D eigenvalue weighted by Crippen LogP contribution is 2.22. The standard InChI is InChI=1S/C24H24N2O4/c1-29-16-15-25-23(27)19-11-5-7-13-21(19)26-24(28)20-12-6-8-14-22(20)30-17-18-9-3-2-4-10-18/h2-14H,15-17H2,1H3,(H,25,27)(H,26,28). The van der Waals surface area contributed by atoms with Gasteiger partial charge in [0, 0.05) is 13.7 Å². The van der Waals surface area contributed by atoms with Crippen LogP contribution in [0.15, 0.2) is 78.9 Å². The normalized spacial score (nSPS) is 10.3. The SMILES string of the molecule is COCCNC(=O)c1ccccc1NC(=O)c1ccccc1OCc1ccccc1. The van der Waals surface area contributed by atoms with Gasteiger partial charge in [-0.1, -0.05) is 54.6 Å². The summed E-state index contributed by atoms with van der Waals surface area (Å²) in [4.78, 5) is 25.4. The Morgan fingerprint density at radius 2 is 1.47 bits per heavy atom. The number of amides is 2. The molecule has 0 atom stereocenters. The number of hydrogen-bond donors (Lipinski definition) is 2. The van der Waals surface area contributed by atoms with Gasteiger partial charge in [-0.15, -0.1) is 0 Å². The number of hydrogen-bond acceptors (Lipinski definition) is 4. The van der Waals surface area contributed by atoms with Crippen molar-refractivity contribution in [1.82, 2.24) is 5.32 Å². The molecular formula is C24H24N2O4. The lowest BCUT2D eigenvalue weighted by atomic mass is 10.1. The zero-order valence-corrected chi connectivity index (χ0v) is 16.8. The van der Waals surface area contributed by atoms with Crippen LogP contribution in [0, 0.1) is 0 Å². The zero-order valence-electron chi connectivity index (χ0n) is 16.8. The van der Waals surface area contributed by atoms with Crippen molar-refractivity contribution in [2.45, 2.75) is 6.61 Å². The number of para-hydroxylation sites is 2. The predicted octanol–water partition coefficient (Wildman–Crippen LogP) is 3.89. The minimum atomic E-state index is -0.351. The lowest BCUT2D eigenvalue weighted by Gasteiger charge is -2.14. The number of ether oxygens (including phenoxy) is 2. The van der Waals surface area contributed by atoms with E-state index in [-0.39, 0.29) is 11.8 Å². The third-order valence-corrected chi connectivity index (χ3v) is 4.38. The van der Waals surface area contributed by atoms with Crippen molar-refractivity contribution in [3.63, 3.8) is 0 Å². The Kier molecular flexibility index (Phi) is 7.58. The summed E-state index contributed by atoms with van der Waals surface area (Å²) in [6, 6.07) is 23.6. The van der Waals surface area contributed by atoms with E-state index in [0.29, 0.717) is 42.3 Å². The van der Waals surface area contributed by atoms with E-state index in [0.717, 1.165) is 5.56 Å². The van der Waals surface area contributed by atoms with Gasteiger partial charge in [0.1, 0.15) is 12.4 Å². The van der Waals surface area contributed by atoms with Gasteiger partial charge in [0.15, 0.2) is 0 Å². The molecule has 30 heavy (non-hydrogen) atoms. The summed E-state index contributed by atoms with van der Waals surface area (Å²) in [7, 11) is 1.57. The van der Waals surface area contributed by atoms with E-state index in [4.69, 9.17) is 9.47 Å². The molecule has 0 saturated carbocycles. The summed E-state index contributed by atoms with van der Waals surface area (Å²) < 4.78 is 10.8. The molecular weight excluding hydrogens is 380 g/mol. The Balaban J connectivity index is 1.73. The second-order valence-electron chi connectivity index (χ2n) is 6.52. The Labute approximate surface area is 175 Å². The molecule has 0 aliphatic heterocycles. The summed E-state index contributed by atoms with van der Waals surface area (Å²) in [6.07, 6.45) is 0. The van der Waals surface area contributed by atoms with Gasteiger partial charge >= 0.3 is 0 Å². The van der Waals surface area contributed by atoms with Gasteiger partial charge in [0.05, 0.1) is 23.4 Å². The monoisotopic (exact) mass is 404 g/mol. The van der Waals surface area contributed by atoms with Crippen LogP contribution in [0.5, 0.6) is 5.75 Å². The highest BCUT2D eigenvalue weighted by Gasteiger charge is 2.16. The third kappa shape index (κ3) is 5.68. The van der Waals surface area contributed by atoms with Crippen LogP contribution in [0.1, 0.15) is 26.3 Å². The number of rotatable bonds is 9. The van der Waals surface area contributed by atoms with Crippen molar-refractivity contribution in [2.24, 2.45) is 0 Å². The maximum Gasteiger partial charge on any atom is 0.259 e. The van der Waals surface area contributed by atoms with Crippen LogP contribution in [0.3, 0.4) is 0 Å². The molecule has 0 fully saturated rings. The van der Waals surface area contributed by atoms with Crippen LogP contribution >= 0.6 is 0 Å². The molecule has 0 radical (unpaired) electrons. The van der Waals surface area contributed by atoms with Gasteiger partial charge in [0.25, 0.3) is 11.8 Å². The molecule has 0 aliphatic rings. The minimum absolute atomic E-state index is 0.281. The van der Waals surface area contributed by atoms with Gasteiger partial charge in [-0.3, -0.25) is 9.59 Å². The number of benzene rings is 3. The van der Waals surface area contributed by atoms with Crippen LogP contribution in [-0.2, 0) is 11.3 Å². The van der Waals surface area contributed by atoms with E-state index in [1.165, 1.54) is 0 Å². The van der Waals surface area contributed by atoms with Crippen LogP contribution in [0.2, 0.25) is 0 Å². The average molecular weight is 404 g/mol. The highest BCUT2D eigenvalue weighted by molar-refractivity contribution is 6.10. The van der Waals surface area contributed by atoms with E-state index >= 15 is 0 Å². The molecule has 3 aromatic rings. The first-order chi connectivity index (χ1) is 14.7. The van der Waals surface area contributed by atoms with Gasteiger partial charge in [-0.05, 0) is 29.8 Å².